The summed E-state index contributed by atoms with van der Waals surface area (Å²) in [6, 6.07) is 0. The zero-order valence-corrected chi connectivity index (χ0v) is 9.75. The fraction of sp³-hybridized carbons (Fsp3) is 0. The summed E-state index contributed by atoms with van der Waals surface area (Å²) in [4.78, 5) is 42.2. The Balaban J connectivity index is 4.90. The first-order chi connectivity index (χ1) is 7.86. The van der Waals surface area contributed by atoms with E-state index in [2.05, 4.69) is 33.0 Å². The summed E-state index contributed by atoms with van der Waals surface area (Å²) in [7, 11) is -4.76. The Morgan fingerprint density at radius 1 is 0.824 bits per heavy atom. The van der Waals surface area contributed by atoms with Gasteiger partial charge in [-0.05, 0) is 0 Å². The van der Waals surface area contributed by atoms with Crippen LogP contribution in [0.4, 0.5) is 0 Å². The van der Waals surface area contributed by atoms with Gasteiger partial charge in [0.1, 0.15) is 0 Å². The van der Waals surface area contributed by atoms with Gasteiger partial charge in [0.15, 0.2) is 0 Å². The molecule has 0 aromatic carbocycles. The van der Waals surface area contributed by atoms with Gasteiger partial charge in [-0.15, -0.1) is 0 Å². The maximum Gasteiger partial charge on any atom is 0.897 e. The molecule has 0 saturated carbocycles. The molecule has 0 aliphatic rings. The van der Waals surface area contributed by atoms with Gasteiger partial charge in [-0.1, -0.05) is 19.7 Å². The molecule has 0 heterocycles. The van der Waals surface area contributed by atoms with Crippen LogP contribution in [-0.4, -0.2) is 31.8 Å². The molecule has 0 unspecified atom stereocenters. The molecule has 0 amide bonds. The lowest BCUT2D eigenvalue weighted by Gasteiger charge is -2.18. The smallest absolute Gasteiger partial charge is 0.429 e. The van der Waals surface area contributed by atoms with E-state index in [-0.39, 0.29) is 0 Å². The number of rotatable bonds is 6. The van der Waals surface area contributed by atoms with Gasteiger partial charge >= 0.3 is 27.0 Å². The maximum absolute atomic E-state index is 10.9. The number of carbonyl (C=O) groups is 3. The van der Waals surface area contributed by atoms with Crippen LogP contribution >= 0.6 is 0 Å². The van der Waals surface area contributed by atoms with Gasteiger partial charge in [0.2, 0.25) is 0 Å². The molecule has 0 atom stereocenters. The minimum atomic E-state index is -4.76. The molecule has 0 radical (unpaired) electrons. The maximum atomic E-state index is 10.9. The highest BCUT2D eigenvalue weighted by atomic mass is 28.4. The molecule has 0 bridgehead atoms. The lowest BCUT2D eigenvalue weighted by molar-refractivity contribution is -0.150. The van der Waals surface area contributed by atoms with E-state index in [9.17, 15) is 19.2 Å². The van der Waals surface area contributed by atoms with Crippen molar-refractivity contribution in [2.45, 2.75) is 0 Å². The van der Waals surface area contributed by atoms with Gasteiger partial charge < -0.3 is 18.1 Å². The molecule has 0 spiro atoms. The molecule has 0 aliphatic carbocycles. The monoisotopic (exact) mass is 258 g/mol. The molecule has 0 aromatic heterocycles. The van der Waals surface area contributed by atoms with Gasteiger partial charge in [-0.2, -0.15) is 0 Å². The van der Waals surface area contributed by atoms with Crippen LogP contribution in [0.25, 0.3) is 0 Å². The van der Waals surface area contributed by atoms with Crippen molar-refractivity contribution in [1.29, 1.82) is 0 Å². The number of hydrogen-bond acceptors (Lipinski definition) is 7. The van der Waals surface area contributed by atoms with Crippen molar-refractivity contribution in [3.8, 4) is 0 Å². The van der Waals surface area contributed by atoms with Crippen molar-refractivity contribution in [3.63, 3.8) is 0 Å². The third-order valence-corrected chi connectivity index (χ3v) is 2.57. The van der Waals surface area contributed by atoms with Crippen LogP contribution in [-0.2, 0) is 27.7 Å². The molecule has 0 saturated heterocycles. The molecule has 0 aromatic rings. The second-order valence-corrected chi connectivity index (χ2v) is 4.06. The molecule has 0 rings (SSSR count). The Kier molecular flexibility index (Phi) is 5.58. The summed E-state index contributed by atoms with van der Waals surface area (Å²) in [6.45, 7) is 9.18. The highest BCUT2D eigenvalue weighted by molar-refractivity contribution is 6.58. The summed E-state index contributed by atoms with van der Waals surface area (Å²) in [5.41, 5.74) is 0. The largest absolute Gasteiger partial charge is 0.897 e. The van der Waals surface area contributed by atoms with Crippen molar-refractivity contribution in [1.82, 2.24) is 0 Å². The fourth-order valence-corrected chi connectivity index (χ4v) is 1.71. The third-order valence-electron chi connectivity index (χ3n) is 1.19. The Morgan fingerprint density at radius 2 is 1.06 bits per heavy atom. The summed E-state index contributed by atoms with van der Waals surface area (Å²) in [6.07, 6.45) is 2.09. The molecule has 1 N–H and O–H groups in total. The second kappa shape index (κ2) is 6.40. The van der Waals surface area contributed by atoms with Crippen LogP contribution in [0.15, 0.2) is 38.0 Å². The van der Waals surface area contributed by atoms with E-state index >= 15 is 0 Å². The van der Waals surface area contributed by atoms with Crippen LogP contribution in [0.5, 0.6) is 0 Å². The average molecular weight is 258 g/mol. The van der Waals surface area contributed by atoms with E-state index in [0.29, 0.717) is 18.2 Å². The van der Waals surface area contributed by atoms with E-state index in [4.69, 9.17) is 0 Å². The van der Waals surface area contributed by atoms with Crippen molar-refractivity contribution >= 4 is 27.0 Å². The Labute approximate surface area is 98.1 Å². The van der Waals surface area contributed by atoms with Crippen LogP contribution < -0.4 is 0 Å². The normalized spacial score (nSPS) is 9.71. The average Bonchev–Trinajstić information content (AvgIpc) is 2.27. The van der Waals surface area contributed by atoms with Crippen molar-refractivity contribution in [2.24, 2.45) is 0 Å². The van der Waals surface area contributed by atoms with E-state index in [1.807, 2.05) is 0 Å². The minimum absolute atomic E-state index is 0.696. The molecular formula is C9H10O7Si. The van der Waals surface area contributed by atoms with Crippen LogP contribution in [0, 0.1) is 0 Å². The summed E-state index contributed by atoms with van der Waals surface area (Å²) < 4.78 is 12.9. The van der Waals surface area contributed by atoms with Gasteiger partial charge in [0.05, 0.1) is 0 Å². The summed E-state index contributed by atoms with van der Waals surface area (Å²) in [5.74, 6) is -3.35. The highest BCUT2D eigenvalue weighted by Gasteiger charge is 2.54. The van der Waals surface area contributed by atoms with Crippen LogP contribution in [0.2, 0.25) is 0 Å². The topological polar surface area (TPSA) is 99.1 Å². The molecule has 8 heteroatoms. The van der Waals surface area contributed by atoms with Crippen LogP contribution in [0.1, 0.15) is 0 Å². The van der Waals surface area contributed by atoms with Crippen molar-refractivity contribution < 1.29 is 32.5 Å². The molecule has 0 aliphatic heterocycles. The van der Waals surface area contributed by atoms with Crippen molar-refractivity contribution in [3.05, 3.63) is 38.0 Å². The van der Waals surface area contributed by atoms with E-state index < -0.39 is 27.0 Å². The zero-order valence-electron chi connectivity index (χ0n) is 8.75. The molecular weight excluding hydrogens is 248 g/mol. The lowest BCUT2D eigenvalue weighted by Crippen LogP contribution is -2.50. The fourth-order valence-electron chi connectivity index (χ4n) is 0.569. The van der Waals surface area contributed by atoms with Gasteiger partial charge in [-0.25, -0.2) is 14.4 Å². The van der Waals surface area contributed by atoms with Gasteiger partial charge in [-0.3, -0.25) is 0 Å². The minimum Gasteiger partial charge on any atom is -0.429 e. The SMILES string of the molecule is C=CC(=O)O[Si](O)(OC(=O)C=C)OC(=O)C=C. The van der Waals surface area contributed by atoms with E-state index in [1.54, 1.807) is 0 Å². The summed E-state index contributed by atoms with van der Waals surface area (Å²) >= 11 is 0. The first-order valence-electron chi connectivity index (χ1n) is 4.15. The van der Waals surface area contributed by atoms with Crippen LogP contribution in [0.3, 0.4) is 0 Å². The van der Waals surface area contributed by atoms with Gasteiger partial charge in [0, 0.05) is 18.2 Å². The molecule has 0 fully saturated rings. The van der Waals surface area contributed by atoms with E-state index in [1.165, 1.54) is 0 Å². The Hall–Kier alpha value is -2.19. The molecule has 17 heavy (non-hydrogen) atoms. The zero-order chi connectivity index (χ0) is 13.5. The highest BCUT2D eigenvalue weighted by Crippen LogP contribution is 2.08. The van der Waals surface area contributed by atoms with E-state index in [0.717, 1.165) is 0 Å². The Bertz CT molecular complexity index is 318. The number of hydrogen-bond donors (Lipinski definition) is 1. The number of carbonyl (C=O) groups excluding carboxylic acids is 3. The van der Waals surface area contributed by atoms with Crippen molar-refractivity contribution in [2.75, 3.05) is 0 Å². The molecule has 92 valence electrons. The third kappa shape index (κ3) is 5.44. The predicted octanol–water partition coefficient (Wildman–Crippen LogP) is -0.398. The first kappa shape index (κ1) is 14.8. The van der Waals surface area contributed by atoms with Gasteiger partial charge in [0.25, 0.3) is 0 Å². The molecule has 7 nitrogen and oxygen atoms in total. The Morgan fingerprint density at radius 3 is 1.24 bits per heavy atom. The quantitative estimate of drug-likeness (QED) is 0.511. The predicted molar refractivity (Wildman–Crippen MR) is 56.8 cm³/mol. The standard InChI is InChI=1S/C9H10O7Si/c1-4-7(10)14-17(13,15-8(11)5-2)16-9(12)6-3/h4-6,13H,1-3H2. The second-order valence-electron chi connectivity index (χ2n) is 2.40. The lowest BCUT2D eigenvalue weighted by atomic mass is 10.7. The summed E-state index contributed by atoms with van der Waals surface area (Å²) in [5, 5.41) is 0. The first-order valence-corrected chi connectivity index (χ1v) is 5.82.